The number of amides is 1. The molecule has 1 N–H and O–H groups in total. The number of carbonyl (C=O) groups is 1. The predicted octanol–water partition coefficient (Wildman–Crippen LogP) is 2.15. The Hall–Kier alpha value is -1.53. The van der Waals surface area contributed by atoms with Crippen molar-refractivity contribution in [3.8, 4) is 0 Å². The van der Waals surface area contributed by atoms with Crippen molar-refractivity contribution in [2.45, 2.75) is 50.2 Å². The molecule has 1 aromatic heterocycles. The van der Waals surface area contributed by atoms with E-state index < -0.39 is 11.4 Å². The average Bonchev–Trinajstić information content (AvgIpc) is 2.56. The van der Waals surface area contributed by atoms with E-state index in [9.17, 15) is 14.3 Å². The summed E-state index contributed by atoms with van der Waals surface area (Å²) in [5.41, 5.74) is -0.712. The van der Waals surface area contributed by atoms with Gasteiger partial charge in [-0.15, -0.1) is 0 Å². The van der Waals surface area contributed by atoms with Crippen LogP contribution in [-0.2, 0) is 4.74 Å². The number of pyridine rings is 1. The number of aromatic nitrogens is 1. The first-order valence-electron chi connectivity index (χ1n) is 8.23. The molecule has 2 fully saturated rings. The molecule has 6 heteroatoms. The molecule has 1 aromatic rings. The third-order valence-electron chi connectivity index (χ3n) is 5.19. The Kier molecular flexibility index (Phi) is 4.38. The predicted molar refractivity (Wildman–Crippen MR) is 82.5 cm³/mol. The summed E-state index contributed by atoms with van der Waals surface area (Å²) in [5, 5.41) is 10.6. The fraction of sp³-hybridized carbons (Fsp3) is 0.647. The van der Waals surface area contributed by atoms with Gasteiger partial charge < -0.3 is 14.7 Å². The van der Waals surface area contributed by atoms with Crippen molar-refractivity contribution in [2.24, 2.45) is 0 Å². The second-order valence-electron chi connectivity index (χ2n) is 6.69. The van der Waals surface area contributed by atoms with E-state index in [1.54, 1.807) is 4.90 Å². The highest BCUT2D eigenvalue weighted by Gasteiger charge is 2.46. The van der Waals surface area contributed by atoms with Crippen LogP contribution < -0.4 is 0 Å². The molecule has 2 aliphatic heterocycles. The van der Waals surface area contributed by atoms with Crippen LogP contribution in [0.5, 0.6) is 0 Å². The van der Waals surface area contributed by atoms with E-state index in [1.165, 1.54) is 12.1 Å². The topological polar surface area (TPSA) is 62.7 Å². The summed E-state index contributed by atoms with van der Waals surface area (Å²) in [6.45, 7) is 3.70. The summed E-state index contributed by atoms with van der Waals surface area (Å²) in [6.07, 6.45) is 4.51. The first-order valence-corrected chi connectivity index (χ1v) is 8.23. The summed E-state index contributed by atoms with van der Waals surface area (Å²) in [4.78, 5) is 18.0. The molecule has 3 rings (SSSR count). The smallest absolute Gasteiger partial charge is 0.272 e. The highest BCUT2D eigenvalue weighted by atomic mass is 19.1. The third-order valence-corrected chi connectivity index (χ3v) is 5.19. The highest BCUT2D eigenvalue weighted by molar-refractivity contribution is 5.92. The van der Waals surface area contributed by atoms with Gasteiger partial charge in [-0.25, -0.2) is 9.37 Å². The van der Waals surface area contributed by atoms with E-state index in [4.69, 9.17) is 4.74 Å². The van der Waals surface area contributed by atoms with Crippen molar-refractivity contribution in [2.75, 3.05) is 19.7 Å². The lowest BCUT2D eigenvalue weighted by Crippen LogP contribution is -2.55. The molecule has 0 aromatic carbocycles. The van der Waals surface area contributed by atoms with Crippen LogP contribution in [0.2, 0.25) is 0 Å². The summed E-state index contributed by atoms with van der Waals surface area (Å²) >= 11 is 0. The number of piperidine rings is 1. The van der Waals surface area contributed by atoms with Gasteiger partial charge in [0.15, 0.2) is 0 Å². The van der Waals surface area contributed by atoms with Gasteiger partial charge in [0.25, 0.3) is 5.91 Å². The van der Waals surface area contributed by atoms with Crippen LogP contribution >= 0.6 is 0 Å². The summed E-state index contributed by atoms with van der Waals surface area (Å²) < 4.78 is 18.9. The maximum Gasteiger partial charge on any atom is 0.272 e. The summed E-state index contributed by atoms with van der Waals surface area (Å²) in [7, 11) is 0. The number of halogens is 1. The minimum atomic E-state index is -0.650. The molecule has 0 aliphatic carbocycles. The maximum atomic E-state index is 12.9. The van der Waals surface area contributed by atoms with Crippen molar-refractivity contribution in [1.82, 2.24) is 9.88 Å². The SMILES string of the molecule is CCC1(O)CCOC2(CCN(C(=O)c3ccc(F)cn3)CC2)C1. The molecular formula is C17H23FN2O3. The molecule has 1 unspecified atom stereocenters. The molecule has 23 heavy (non-hydrogen) atoms. The monoisotopic (exact) mass is 322 g/mol. The lowest BCUT2D eigenvalue weighted by atomic mass is 9.76. The molecular weight excluding hydrogens is 299 g/mol. The van der Waals surface area contributed by atoms with E-state index in [2.05, 4.69) is 4.98 Å². The molecule has 0 saturated carbocycles. The largest absolute Gasteiger partial charge is 0.390 e. The maximum absolute atomic E-state index is 12.9. The van der Waals surface area contributed by atoms with Gasteiger partial charge >= 0.3 is 0 Å². The number of nitrogens with zero attached hydrogens (tertiary/aromatic N) is 2. The van der Waals surface area contributed by atoms with Crippen LogP contribution in [0.25, 0.3) is 0 Å². The molecule has 3 heterocycles. The van der Waals surface area contributed by atoms with Crippen LogP contribution in [-0.4, -0.2) is 51.8 Å². The Labute approximate surface area is 135 Å². The molecule has 1 spiro atoms. The summed E-state index contributed by atoms with van der Waals surface area (Å²) in [6, 6.07) is 2.66. The first-order chi connectivity index (χ1) is 11.0. The van der Waals surface area contributed by atoms with Crippen molar-refractivity contribution < 1.29 is 19.0 Å². The van der Waals surface area contributed by atoms with Crippen LogP contribution in [0.3, 0.4) is 0 Å². The van der Waals surface area contributed by atoms with E-state index in [-0.39, 0.29) is 17.2 Å². The number of rotatable bonds is 2. The Balaban J connectivity index is 1.64. The average molecular weight is 322 g/mol. The number of aliphatic hydroxyl groups is 1. The van der Waals surface area contributed by atoms with Gasteiger partial charge in [-0.05, 0) is 37.8 Å². The van der Waals surface area contributed by atoms with Crippen LogP contribution in [0.1, 0.15) is 49.5 Å². The van der Waals surface area contributed by atoms with Gasteiger partial charge in [-0.3, -0.25) is 4.79 Å². The number of likely N-dealkylation sites (tertiary alicyclic amines) is 1. The lowest BCUT2D eigenvalue weighted by molar-refractivity contribution is -0.176. The van der Waals surface area contributed by atoms with Gasteiger partial charge in [0.2, 0.25) is 0 Å². The molecule has 0 radical (unpaired) electrons. The summed E-state index contributed by atoms with van der Waals surface area (Å²) in [5.74, 6) is -0.630. The van der Waals surface area contributed by atoms with E-state index >= 15 is 0 Å². The van der Waals surface area contributed by atoms with Crippen LogP contribution in [0.4, 0.5) is 4.39 Å². The number of carbonyl (C=O) groups excluding carboxylic acids is 1. The molecule has 1 atom stereocenters. The van der Waals surface area contributed by atoms with E-state index in [1.807, 2.05) is 6.92 Å². The van der Waals surface area contributed by atoms with Crippen molar-refractivity contribution in [1.29, 1.82) is 0 Å². The van der Waals surface area contributed by atoms with Crippen molar-refractivity contribution in [3.05, 3.63) is 29.8 Å². The van der Waals surface area contributed by atoms with Gasteiger partial charge in [-0.1, -0.05) is 6.92 Å². The van der Waals surface area contributed by atoms with Crippen molar-refractivity contribution in [3.63, 3.8) is 0 Å². The fourth-order valence-electron chi connectivity index (χ4n) is 3.60. The third kappa shape index (κ3) is 3.38. The first kappa shape index (κ1) is 16.3. The quantitative estimate of drug-likeness (QED) is 0.906. The Bertz CT molecular complexity index is 570. The van der Waals surface area contributed by atoms with Crippen LogP contribution in [0.15, 0.2) is 18.3 Å². The van der Waals surface area contributed by atoms with Gasteiger partial charge in [0.05, 0.1) is 24.0 Å². The normalized spacial score (nSPS) is 27.2. The molecule has 2 saturated heterocycles. The highest BCUT2D eigenvalue weighted by Crippen LogP contribution is 2.41. The Morgan fingerprint density at radius 1 is 1.39 bits per heavy atom. The second-order valence-corrected chi connectivity index (χ2v) is 6.69. The van der Waals surface area contributed by atoms with Gasteiger partial charge in [-0.2, -0.15) is 0 Å². The fourth-order valence-corrected chi connectivity index (χ4v) is 3.60. The minimum absolute atomic E-state index is 0.179. The van der Waals surface area contributed by atoms with E-state index in [0.29, 0.717) is 45.4 Å². The number of hydrogen-bond donors (Lipinski definition) is 1. The van der Waals surface area contributed by atoms with E-state index in [0.717, 1.165) is 12.6 Å². The molecule has 2 aliphatic rings. The van der Waals surface area contributed by atoms with Gasteiger partial charge in [0.1, 0.15) is 11.5 Å². The molecule has 0 bridgehead atoms. The Morgan fingerprint density at radius 3 is 2.74 bits per heavy atom. The Morgan fingerprint density at radius 2 is 2.13 bits per heavy atom. The second kappa shape index (κ2) is 6.17. The van der Waals surface area contributed by atoms with Gasteiger partial charge in [0, 0.05) is 19.5 Å². The molecule has 1 amide bonds. The number of hydrogen-bond acceptors (Lipinski definition) is 4. The zero-order valence-corrected chi connectivity index (χ0v) is 13.4. The van der Waals surface area contributed by atoms with Crippen LogP contribution in [0, 0.1) is 5.82 Å². The minimum Gasteiger partial charge on any atom is -0.390 e. The standard InChI is InChI=1S/C17H23FN2O3/c1-2-16(22)7-10-23-17(12-16)5-8-20(9-6-17)15(21)14-4-3-13(18)11-19-14/h3-4,11,22H,2,5-10,12H2,1H3. The molecule has 126 valence electrons. The zero-order chi connectivity index (χ0) is 16.5. The number of ether oxygens (including phenoxy) is 1. The zero-order valence-electron chi connectivity index (χ0n) is 13.4. The molecule has 5 nitrogen and oxygen atoms in total. The lowest BCUT2D eigenvalue weighted by Gasteiger charge is -2.49. The van der Waals surface area contributed by atoms with Crippen molar-refractivity contribution >= 4 is 5.91 Å².